The third-order valence-electron chi connectivity index (χ3n) is 5.99. The summed E-state index contributed by atoms with van der Waals surface area (Å²) in [5, 5.41) is 4.25. The Hall–Kier alpha value is -4.04. The van der Waals surface area contributed by atoms with Gasteiger partial charge in [0.2, 0.25) is 0 Å². The lowest BCUT2D eigenvalue weighted by Gasteiger charge is -2.27. The van der Waals surface area contributed by atoms with E-state index in [0.29, 0.717) is 0 Å². The Kier molecular flexibility index (Phi) is 4.84. The number of imidazole rings is 1. The van der Waals surface area contributed by atoms with E-state index in [1.807, 2.05) is 44.1 Å². The quantitative estimate of drug-likeness (QED) is 0.427. The topological polar surface area (TPSA) is 73.4 Å². The van der Waals surface area contributed by atoms with Crippen LogP contribution in [0.2, 0.25) is 0 Å². The first-order valence-corrected chi connectivity index (χ1v) is 11.0. The van der Waals surface area contributed by atoms with Crippen molar-refractivity contribution in [2.24, 2.45) is 7.05 Å². The Morgan fingerprint density at radius 1 is 0.818 bits per heavy atom. The van der Waals surface area contributed by atoms with E-state index in [1.54, 1.807) is 4.68 Å². The molecular formula is C25H23N7O. The van der Waals surface area contributed by atoms with Crippen LogP contribution in [-0.2, 0) is 11.8 Å². The highest BCUT2D eigenvalue weighted by Crippen LogP contribution is 2.28. The lowest BCUT2D eigenvalue weighted by atomic mass is 10.1. The number of fused-ring (bicyclic) bond motifs is 1. The van der Waals surface area contributed by atoms with Crippen LogP contribution in [0.25, 0.3) is 39.3 Å². The van der Waals surface area contributed by atoms with Gasteiger partial charge in [-0.3, -0.25) is 14.1 Å². The summed E-state index contributed by atoms with van der Waals surface area (Å²) >= 11 is 0. The summed E-state index contributed by atoms with van der Waals surface area (Å²) in [6, 6.07) is 12.5. The van der Waals surface area contributed by atoms with Gasteiger partial charge in [-0.2, -0.15) is 5.10 Å². The number of ether oxygens (including phenoxy) is 1. The van der Waals surface area contributed by atoms with E-state index < -0.39 is 0 Å². The van der Waals surface area contributed by atoms with E-state index in [-0.39, 0.29) is 0 Å². The zero-order valence-electron chi connectivity index (χ0n) is 18.3. The number of morpholine rings is 1. The molecule has 33 heavy (non-hydrogen) atoms. The fourth-order valence-electron chi connectivity index (χ4n) is 4.21. The number of pyridine rings is 3. The van der Waals surface area contributed by atoms with Gasteiger partial charge in [-0.1, -0.05) is 0 Å². The standard InChI is InChI=1S/C25H23N7O/c1-30-17-21(15-29-30)22-12-19(4-6-26-22)23-16-28-25-13-18(5-7-32(23)25)20-2-3-24(27-14-20)31-8-10-33-11-9-31/h2-7,12-17H,8-11H2,1H3. The third kappa shape index (κ3) is 3.74. The van der Waals surface area contributed by atoms with Crippen LogP contribution in [0.15, 0.2) is 73.6 Å². The molecule has 6 rings (SSSR count). The van der Waals surface area contributed by atoms with E-state index in [2.05, 4.69) is 65.9 Å². The molecule has 0 unspecified atom stereocenters. The van der Waals surface area contributed by atoms with Crippen molar-refractivity contribution in [1.82, 2.24) is 29.1 Å². The molecule has 0 atom stereocenters. The number of nitrogens with zero attached hydrogens (tertiary/aromatic N) is 7. The first-order valence-electron chi connectivity index (χ1n) is 11.0. The van der Waals surface area contributed by atoms with Crippen LogP contribution in [0.4, 0.5) is 5.82 Å². The summed E-state index contributed by atoms with van der Waals surface area (Å²) in [6.45, 7) is 3.27. The minimum absolute atomic E-state index is 0.753. The third-order valence-corrected chi connectivity index (χ3v) is 5.99. The van der Waals surface area contributed by atoms with Gasteiger partial charge in [-0.25, -0.2) is 9.97 Å². The van der Waals surface area contributed by atoms with Gasteiger partial charge in [0.15, 0.2) is 0 Å². The fourth-order valence-corrected chi connectivity index (χ4v) is 4.21. The van der Waals surface area contributed by atoms with Crippen molar-refractivity contribution >= 4 is 11.5 Å². The highest BCUT2D eigenvalue weighted by molar-refractivity contribution is 5.73. The summed E-state index contributed by atoms with van der Waals surface area (Å²) in [4.78, 5) is 16.1. The van der Waals surface area contributed by atoms with Gasteiger partial charge in [0, 0.05) is 61.6 Å². The first kappa shape index (κ1) is 19.6. The molecule has 1 saturated heterocycles. The second-order valence-corrected chi connectivity index (χ2v) is 8.12. The predicted octanol–water partition coefficient (Wildman–Crippen LogP) is 3.70. The molecule has 5 aromatic rings. The van der Waals surface area contributed by atoms with Gasteiger partial charge in [0.25, 0.3) is 0 Å². The van der Waals surface area contributed by atoms with Crippen molar-refractivity contribution in [3.8, 4) is 33.6 Å². The maximum Gasteiger partial charge on any atom is 0.137 e. The van der Waals surface area contributed by atoms with E-state index >= 15 is 0 Å². The molecule has 164 valence electrons. The maximum absolute atomic E-state index is 5.43. The van der Waals surface area contributed by atoms with Gasteiger partial charge in [-0.15, -0.1) is 0 Å². The van der Waals surface area contributed by atoms with Crippen LogP contribution < -0.4 is 4.90 Å². The normalized spacial score (nSPS) is 14.2. The van der Waals surface area contributed by atoms with Crippen molar-refractivity contribution in [3.05, 3.63) is 73.6 Å². The van der Waals surface area contributed by atoms with Crippen LogP contribution in [0.3, 0.4) is 0 Å². The molecule has 0 bridgehead atoms. The number of aromatic nitrogens is 6. The fraction of sp³-hybridized carbons (Fsp3) is 0.200. The van der Waals surface area contributed by atoms with Gasteiger partial charge in [0.1, 0.15) is 11.5 Å². The molecule has 0 radical (unpaired) electrons. The van der Waals surface area contributed by atoms with Crippen LogP contribution in [0, 0.1) is 0 Å². The van der Waals surface area contributed by atoms with Crippen molar-refractivity contribution in [2.75, 3.05) is 31.2 Å². The highest BCUT2D eigenvalue weighted by atomic mass is 16.5. The van der Waals surface area contributed by atoms with Crippen molar-refractivity contribution in [2.45, 2.75) is 0 Å². The molecule has 0 spiro atoms. The largest absolute Gasteiger partial charge is 0.378 e. The van der Waals surface area contributed by atoms with Gasteiger partial charge >= 0.3 is 0 Å². The second kappa shape index (κ2) is 8.14. The van der Waals surface area contributed by atoms with Gasteiger partial charge < -0.3 is 9.64 Å². The molecule has 0 saturated carbocycles. The number of aryl methyl sites for hydroxylation is 1. The minimum Gasteiger partial charge on any atom is -0.378 e. The molecule has 6 heterocycles. The lowest BCUT2D eigenvalue weighted by Crippen LogP contribution is -2.36. The summed E-state index contributed by atoms with van der Waals surface area (Å²) in [5.41, 5.74) is 7.00. The zero-order chi connectivity index (χ0) is 22.2. The molecule has 1 aliphatic rings. The van der Waals surface area contributed by atoms with Crippen molar-refractivity contribution < 1.29 is 4.74 Å². The van der Waals surface area contributed by atoms with Gasteiger partial charge in [0.05, 0.1) is 37.0 Å². The molecule has 0 amide bonds. The second-order valence-electron chi connectivity index (χ2n) is 8.12. The molecule has 8 heteroatoms. The SMILES string of the molecule is Cn1cc(-c2cc(-c3cnc4cc(-c5ccc(N6CCOCC6)nc5)ccn34)ccn2)cn1. The van der Waals surface area contributed by atoms with Crippen molar-refractivity contribution in [3.63, 3.8) is 0 Å². The predicted molar refractivity (Wildman–Crippen MR) is 127 cm³/mol. The number of hydrogen-bond acceptors (Lipinski definition) is 6. The summed E-state index contributed by atoms with van der Waals surface area (Å²) in [7, 11) is 1.90. The lowest BCUT2D eigenvalue weighted by molar-refractivity contribution is 0.122. The Morgan fingerprint density at radius 3 is 2.52 bits per heavy atom. The maximum atomic E-state index is 5.43. The molecule has 1 fully saturated rings. The smallest absolute Gasteiger partial charge is 0.137 e. The van der Waals surface area contributed by atoms with Crippen LogP contribution in [0.1, 0.15) is 0 Å². The molecule has 0 aromatic carbocycles. The van der Waals surface area contributed by atoms with E-state index in [9.17, 15) is 0 Å². The van der Waals surface area contributed by atoms with Crippen LogP contribution >= 0.6 is 0 Å². The molecule has 0 N–H and O–H groups in total. The Balaban J connectivity index is 1.30. The van der Waals surface area contributed by atoms with Crippen molar-refractivity contribution in [1.29, 1.82) is 0 Å². The zero-order valence-corrected chi connectivity index (χ0v) is 18.3. The minimum atomic E-state index is 0.753. The average molecular weight is 438 g/mol. The van der Waals surface area contributed by atoms with E-state index in [0.717, 1.165) is 71.4 Å². The molecular weight excluding hydrogens is 414 g/mol. The van der Waals surface area contributed by atoms with Crippen LogP contribution in [-0.4, -0.2) is 55.4 Å². The number of hydrogen-bond donors (Lipinski definition) is 0. The first-order chi connectivity index (χ1) is 16.2. The number of anilines is 1. The summed E-state index contributed by atoms with van der Waals surface area (Å²) in [5.74, 6) is 0.994. The Bertz CT molecular complexity index is 1410. The molecule has 1 aliphatic heterocycles. The van der Waals surface area contributed by atoms with Gasteiger partial charge in [-0.05, 0) is 42.0 Å². The summed E-state index contributed by atoms with van der Waals surface area (Å²) in [6.07, 6.45) is 11.5. The molecule has 8 nitrogen and oxygen atoms in total. The molecule has 5 aromatic heterocycles. The molecule has 0 aliphatic carbocycles. The highest BCUT2D eigenvalue weighted by Gasteiger charge is 2.13. The van der Waals surface area contributed by atoms with E-state index in [4.69, 9.17) is 4.74 Å². The Labute approximate surface area is 191 Å². The summed E-state index contributed by atoms with van der Waals surface area (Å²) < 4.78 is 9.31. The van der Waals surface area contributed by atoms with E-state index in [1.165, 1.54) is 0 Å². The number of rotatable bonds is 4. The average Bonchev–Trinajstić information content (AvgIpc) is 3.51. The Morgan fingerprint density at radius 2 is 1.73 bits per heavy atom. The van der Waals surface area contributed by atoms with Crippen LogP contribution in [0.5, 0.6) is 0 Å². The monoisotopic (exact) mass is 437 g/mol.